The molecule has 10 nitrogen and oxygen atoms in total. The Morgan fingerprint density at radius 1 is 1.28 bits per heavy atom. The molecule has 0 saturated carbocycles. The molecular weight excluding hydrogens is 414 g/mol. The molecule has 3 N–H and O–H groups in total. The molecule has 4 atom stereocenters. The molecular formula is C22H25N5O5. The minimum atomic E-state index is -1.63. The lowest BCUT2D eigenvalue weighted by molar-refractivity contribution is -0.108. The Hall–Kier alpha value is -3.23. The molecule has 0 radical (unpaired) electrons. The quantitative estimate of drug-likeness (QED) is 0.396. The Labute approximate surface area is 185 Å². The molecule has 1 aliphatic heterocycles. The number of rotatable bonds is 8. The van der Waals surface area contributed by atoms with Crippen molar-refractivity contribution in [1.29, 1.82) is 5.26 Å². The first-order valence-corrected chi connectivity index (χ1v) is 10.2. The van der Waals surface area contributed by atoms with E-state index in [-0.39, 0.29) is 25.3 Å². The van der Waals surface area contributed by atoms with E-state index in [1.165, 1.54) is 10.8 Å². The van der Waals surface area contributed by atoms with Crippen LogP contribution in [0.3, 0.4) is 0 Å². The van der Waals surface area contributed by atoms with Crippen LogP contribution in [0.15, 0.2) is 48.8 Å². The first-order chi connectivity index (χ1) is 15.5. The SMILES string of the molecule is CC(C)O[C@@H]1[C@H](O)[C@@H](COCOc2ccccc2)O[C@@]1(C#N)c1ccc2c(N)ncnn12. The van der Waals surface area contributed by atoms with Crippen molar-refractivity contribution in [3.63, 3.8) is 0 Å². The van der Waals surface area contributed by atoms with E-state index in [0.29, 0.717) is 17.0 Å². The Balaban J connectivity index is 1.57. The van der Waals surface area contributed by atoms with Gasteiger partial charge in [-0.1, -0.05) is 18.2 Å². The summed E-state index contributed by atoms with van der Waals surface area (Å²) in [6.07, 6.45) is -1.91. The number of nitrogens with two attached hydrogens (primary N) is 1. The number of anilines is 1. The maximum atomic E-state index is 11.0. The van der Waals surface area contributed by atoms with Crippen LogP contribution in [0.1, 0.15) is 19.5 Å². The van der Waals surface area contributed by atoms with Crippen molar-refractivity contribution in [2.24, 2.45) is 0 Å². The molecule has 2 aromatic heterocycles. The number of aliphatic hydroxyl groups is 1. The van der Waals surface area contributed by atoms with Gasteiger partial charge in [-0.15, -0.1) is 0 Å². The molecule has 0 amide bonds. The topological polar surface area (TPSA) is 137 Å². The molecule has 1 aromatic carbocycles. The van der Waals surface area contributed by atoms with Gasteiger partial charge in [0, 0.05) is 0 Å². The summed E-state index contributed by atoms with van der Waals surface area (Å²) in [4.78, 5) is 3.98. The Morgan fingerprint density at radius 2 is 2.06 bits per heavy atom. The second-order valence-corrected chi connectivity index (χ2v) is 7.71. The summed E-state index contributed by atoms with van der Waals surface area (Å²) in [5.74, 6) is 0.918. The van der Waals surface area contributed by atoms with Crippen LogP contribution in [-0.2, 0) is 19.8 Å². The number of nitrogen functional groups attached to an aromatic ring is 1. The Morgan fingerprint density at radius 3 is 2.78 bits per heavy atom. The largest absolute Gasteiger partial charge is 0.468 e. The highest BCUT2D eigenvalue weighted by molar-refractivity contribution is 5.66. The van der Waals surface area contributed by atoms with E-state index in [4.69, 9.17) is 24.7 Å². The van der Waals surface area contributed by atoms with Crippen LogP contribution in [0.2, 0.25) is 0 Å². The zero-order valence-corrected chi connectivity index (χ0v) is 17.8. The summed E-state index contributed by atoms with van der Waals surface area (Å²) in [6, 6.07) is 14.8. The van der Waals surface area contributed by atoms with Gasteiger partial charge in [-0.3, -0.25) is 0 Å². The minimum absolute atomic E-state index is 0.00415. The standard InChI is InChI=1S/C22H25N5O5/c1-14(2)31-20-19(28)17(10-29-13-30-15-6-4-3-5-7-15)32-22(20,11-23)18-9-8-16-21(24)25-12-26-27(16)18/h3-9,12,14,17,19-20,28H,10,13H2,1-2H3,(H2,24,25,26)/t17-,19-,20-,22+/m1/s1. The van der Waals surface area contributed by atoms with E-state index >= 15 is 0 Å². The zero-order valence-electron chi connectivity index (χ0n) is 17.8. The van der Waals surface area contributed by atoms with Gasteiger partial charge >= 0.3 is 0 Å². The molecule has 1 aliphatic rings. The van der Waals surface area contributed by atoms with Crippen LogP contribution in [0, 0.1) is 11.3 Å². The van der Waals surface area contributed by atoms with Gasteiger partial charge in [0.25, 0.3) is 0 Å². The number of fused-ring (bicyclic) bond motifs is 1. The number of aromatic nitrogens is 3. The summed E-state index contributed by atoms with van der Waals surface area (Å²) in [5.41, 5.74) is 5.22. The van der Waals surface area contributed by atoms with Crippen molar-refractivity contribution in [3.8, 4) is 11.8 Å². The zero-order chi connectivity index (χ0) is 22.7. The van der Waals surface area contributed by atoms with E-state index < -0.39 is 23.9 Å². The molecule has 1 saturated heterocycles. The average Bonchev–Trinajstić information content (AvgIpc) is 3.34. The summed E-state index contributed by atoms with van der Waals surface area (Å²) in [6.45, 7) is 3.60. The van der Waals surface area contributed by atoms with Crippen molar-refractivity contribution in [3.05, 3.63) is 54.5 Å². The van der Waals surface area contributed by atoms with Crippen LogP contribution >= 0.6 is 0 Å². The van der Waals surface area contributed by atoms with Gasteiger partial charge in [-0.05, 0) is 38.1 Å². The molecule has 32 heavy (non-hydrogen) atoms. The lowest BCUT2D eigenvalue weighted by Gasteiger charge is -2.29. The third kappa shape index (κ3) is 3.99. The molecule has 10 heteroatoms. The highest BCUT2D eigenvalue weighted by Crippen LogP contribution is 2.42. The van der Waals surface area contributed by atoms with Crippen LogP contribution in [0.5, 0.6) is 5.75 Å². The van der Waals surface area contributed by atoms with Crippen molar-refractivity contribution < 1.29 is 24.1 Å². The third-order valence-corrected chi connectivity index (χ3v) is 5.21. The lowest BCUT2D eigenvalue weighted by Crippen LogP contribution is -2.44. The summed E-state index contributed by atoms with van der Waals surface area (Å²) >= 11 is 0. The number of para-hydroxylation sites is 1. The fourth-order valence-corrected chi connectivity index (χ4v) is 3.79. The van der Waals surface area contributed by atoms with Gasteiger partial charge in [0.1, 0.15) is 42.0 Å². The molecule has 1 fully saturated rings. The van der Waals surface area contributed by atoms with Gasteiger partial charge in [0.2, 0.25) is 5.60 Å². The van der Waals surface area contributed by atoms with Crippen molar-refractivity contribution in [1.82, 2.24) is 14.6 Å². The molecule has 3 heterocycles. The van der Waals surface area contributed by atoms with E-state index in [1.807, 2.05) is 44.2 Å². The van der Waals surface area contributed by atoms with Gasteiger partial charge in [-0.2, -0.15) is 10.4 Å². The number of hydrogen-bond donors (Lipinski definition) is 2. The van der Waals surface area contributed by atoms with E-state index in [2.05, 4.69) is 16.2 Å². The van der Waals surface area contributed by atoms with E-state index in [1.54, 1.807) is 12.1 Å². The molecule has 0 unspecified atom stereocenters. The highest BCUT2D eigenvalue weighted by atomic mass is 16.7. The minimum Gasteiger partial charge on any atom is -0.468 e. The Bertz CT molecular complexity index is 1100. The molecule has 3 aromatic rings. The monoisotopic (exact) mass is 439 g/mol. The number of hydrogen-bond acceptors (Lipinski definition) is 9. The maximum Gasteiger partial charge on any atom is 0.225 e. The smallest absolute Gasteiger partial charge is 0.225 e. The van der Waals surface area contributed by atoms with Crippen LogP contribution in [-0.4, -0.2) is 57.5 Å². The molecule has 0 spiro atoms. The van der Waals surface area contributed by atoms with Gasteiger partial charge in [0.05, 0.1) is 18.4 Å². The van der Waals surface area contributed by atoms with Crippen LogP contribution in [0.25, 0.3) is 5.52 Å². The predicted octanol–water partition coefficient (Wildman–Crippen LogP) is 1.64. The fourth-order valence-electron chi connectivity index (χ4n) is 3.79. The molecule has 0 bridgehead atoms. The fraction of sp³-hybridized carbons (Fsp3) is 0.409. The second kappa shape index (κ2) is 9.10. The number of benzene rings is 1. The van der Waals surface area contributed by atoms with E-state index in [9.17, 15) is 10.4 Å². The number of ether oxygens (including phenoxy) is 4. The van der Waals surface area contributed by atoms with E-state index in [0.717, 1.165) is 0 Å². The first kappa shape index (κ1) is 22.0. The predicted molar refractivity (Wildman–Crippen MR) is 113 cm³/mol. The summed E-state index contributed by atoms with van der Waals surface area (Å²) in [7, 11) is 0. The summed E-state index contributed by atoms with van der Waals surface area (Å²) < 4.78 is 24.7. The van der Waals surface area contributed by atoms with Gasteiger partial charge in [0.15, 0.2) is 12.6 Å². The summed E-state index contributed by atoms with van der Waals surface area (Å²) in [5, 5.41) is 25.5. The molecule has 0 aliphatic carbocycles. The number of nitrogens with zero attached hydrogens (tertiary/aromatic N) is 4. The average molecular weight is 439 g/mol. The van der Waals surface area contributed by atoms with Crippen molar-refractivity contribution >= 4 is 11.3 Å². The van der Waals surface area contributed by atoms with Crippen molar-refractivity contribution in [2.45, 2.75) is 43.9 Å². The highest BCUT2D eigenvalue weighted by Gasteiger charge is 2.59. The second-order valence-electron chi connectivity index (χ2n) is 7.71. The third-order valence-electron chi connectivity index (χ3n) is 5.21. The lowest BCUT2D eigenvalue weighted by atomic mass is 9.92. The van der Waals surface area contributed by atoms with Crippen LogP contribution in [0.4, 0.5) is 5.82 Å². The van der Waals surface area contributed by atoms with Crippen LogP contribution < -0.4 is 10.5 Å². The number of nitriles is 1. The van der Waals surface area contributed by atoms with Crippen molar-refractivity contribution in [2.75, 3.05) is 19.1 Å². The maximum absolute atomic E-state index is 11.0. The first-order valence-electron chi connectivity index (χ1n) is 10.2. The van der Waals surface area contributed by atoms with Gasteiger partial charge < -0.3 is 29.8 Å². The molecule has 4 rings (SSSR count). The van der Waals surface area contributed by atoms with Gasteiger partial charge in [-0.25, -0.2) is 9.50 Å². The Kier molecular flexibility index (Phi) is 6.25. The molecule has 168 valence electrons. The normalized spacial score (nSPS) is 25.3. The number of aliphatic hydroxyl groups excluding tert-OH is 1.